The van der Waals surface area contributed by atoms with E-state index in [1.165, 1.54) is 43.9 Å². The van der Waals surface area contributed by atoms with E-state index >= 15 is 0 Å². The zero-order valence-corrected chi connectivity index (χ0v) is 14.8. The minimum Gasteiger partial charge on any atom is -0.486 e. The Morgan fingerprint density at radius 3 is 2.80 bits per heavy atom. The Morgan fingerprint density at radius 2 is 1.96 bits per heavy atom. The van der Waals surface area contributed by atoms with Gasteiger partial charge in [0.15, 0.2) is 17.3 Å². The molecule has 25 heavy (non-hydrogen) atoms. The van der Waals surface area contributed by atoms with Crippen LogP contribution in [-0.2, 0) is 0 Å². The van der Waals surface area contributed by atoms with E-state index in [2.05, 4.69) is 15.2 Å². The predicted molar refractivity (Wildman–Crippen MR) is 94.7 cm³/mol. The van der Waals surface area contributed by atoms with Gasteiger partial charge in [-0.3, -0.25) is 9.89 Å². The largest absolute Gasteiger partial charge is 0.486 e. The van der Waals surface area contributed by atoms with Crippen LogP contribution in [0, 0.1) is 0 Å². The van der Waals surface area contributed by atoms with Crippen molar-refractivity contribution >= 4 is 17.5 Å². The number of rotatable bonds is 5. The Bertz CT molecular complexity index is 756. The van der Waals surface area contributed by atoms with Gasteiger partial charge in [0.05, 0.1) is 5.75 Å². The first kappa shape index (κ1) is 16.4. The zero-order valence-electron chi connectivity index (χ0n) is 14.0. The van der Waals surface area contributed by atoms with Gasteiger partial charge in [0, 0.05) is 11.5 Å². The Hall–Kier alpha value is -2.02. The molecule has 0 radical (unpaired) electrons. The van der Waals surface area contributed by atoms with Gasteiger partial charge in [0.25, 0.3) is 0 Å². The molecule has 4 rings (SSSR count). The molecule has 1 aliphatic heterocycles. The molecule has 0 spiro atoms. The van der Waals surface area contributed by atoms with E-state index in [1.54, 1.807) is 18.2 Å². The topological polar surface area (TPSA) is 77.1 Å². The molecule has 6 nitrogen and oxygen atoms in total. The number of ether oxygens (including phenoxy) is 2. The zero-order chi connectivity index (χ0) is 17.1. The van der Waals surface area contributed by atoms with E-state index in [0.29, 0.717) is 47.1 Å². The molecule has 1 saturated carbocycles. The molecular weight excluding hydrogens is 338 g/mol. The van der Waals surface area contributed by atoms with Crippen LogP contribution in [0.3, 0.4) is 0 Å². The van der Waals surface area contributed by atoms with Crippen molar-refractivity contribution in [3.8, 4) is 11.5 Å². The summed E-state index contributed by atoms with van der Waals surface area (Å²) in [6.45, 7) is 1.06. The van der Waals surface area contributed by atoms with Crippen molar-refractivity contribution in [3.05, 3.63) is 29.6 Å². The molecule has 1 fully saturated rings. The summed E-state index contributed by atoms with van der Waals surface area (Å²) in [5.41, 5.74) is 0.625. The van der Waals surface area contributed by atoms with Gasteiger partial charge in [-0.2, -0.15) is 0 Å². The number of nitrogens with one attached hydrogen (secondary N) is 1. The average Bonchev–Trinajstić information content (AvgIpc) is 3.15. The van der Waals surface area contributed by atoms with Crippen LogP contribution in [0.2, 0.25) is 0 Å². The standard InChI is InChI=1S/C18H21N3O3S/c22-14(13-6-7-15-16(10-13)24-9-8-23-15)11-25-18-19-17(20-21-18)12-4-2-1-3-5-12/h6-7,10,12H,1-5,8-9,11H2,(H,19,20,21). The number of carbonyl (C=O) groups is 1. The number of nitrogens with zero attached hydrogens (tertiary/aromatic N) is 2. The molecular formula is C18H21N3O3S. The highest BCUT2D eigenvalue weighted by Gasteiger charge is 2.20. The second-order valence-corrected chi connectivity index (χ2v) is 7.35. The number of ketones is 1. The minimum atomic E-state index is 0.0333. The monoisotopic (exact) mass is 359 g/mol. The molecule has 2 aliphatic rings. The summed E-state index contributed by atoms with van der Waals surface area (Å²) in [7, 11) is 0. The van der Waals surface area contributed by atoms with Gasteiger partial charge in [-0.1, -0.05) is 31.0 Å². The van der Waals surface area contributed by atoms with Crippen LogP contribution < -0.4 is 9.47 Å². The molecule has 1 N–H and O–H groups in total. The number of H-pyrrole nitrogens is 1. The number of aromatic nitrogens is 3. The van der Waals surface area contributed by atoms with Crippen molar-refractivity contribution in [2.45, 2.75) is 43.2 Å². The number of hydrogen-bond donors (Lipinski definition) is 1. The van der Waals surface area contributed by atoms with Crippen LogP contribution >= 0.6 is 11.8 Å². The maximum absolute atomic E-state index is 12.4. The van der Waals surface area contributed by atoms with Crippen molar-refractivity contribution < 1.29 is 14.3 Å². The lowest BCUT2D eigenvalue weighted by Gasteiger charge is -2.18. The predicted octanol–water partition coefficient (Wildman–Crippen LogP) is 3.60. The molecule has 0 unspecified atom stereocenters. The van der Waals surface area contributed by atoms with Crippen LogP contribution in [0.25, 0.3) is 0 Å². The summed E-state index contributed by atoms with van der Waals surface area (Å²) in [4.78, 5) is 17.0. The first-order chi connectivity index (χ1) is 12.3. The summed E-state index contributed by atoms with van der Waals surface area (Å²) >= 11 is 1.37. The number of benzene rings is 1. The third kappa shape index (κ3) is 3.81. The van der Waals surface area contributed by atoms with Crippen LogP contribution in [0.4, 0.5) is 0 Å². The summed E-state index contributed by atoms with van der Waals surface area (Å²) in [5.74, 6) is 3.13. The van der Waals surface area contributed by atoms with Gasteiger partial charge in [-0.05, 0) is 31.0 Å². The Morgan fingerprint density at radius 1 is 1.16 bits per heavy atom. The average molecular weight is 359 g/mol. The molecule has 2 aromatic rings. The van der Waals surface area contributed by atoms with Gasteiger partial charge in [-0.15, -0.1) is 5.10 Å². The molecule has 2 heterocycles. The number of thioether (sulfide) groups is 1. The molecule has 0 saturated heterocycles. The lowest BCUT2D eigenvalue weighted by atomic mass is 9.89. The Labute approximate surface area is 150 Å². The third-order valence-corrected chi connectivity index (χ3v) is 5.52. The van der Waals surface area contributed by atoms with Crippen molar-refractivity contribution in [2.75, 3.05) is 19.0 Å². The van der Waals surface area contributed by atoms with Gasteiger partial charge < -0.3 is 9.47 Å². The Balaban J connectivity index is 1.36. The van der Waals surface area contributed by atoms with Gasteiger partial charge in [-0.25, -0.2) is 4.98 Å². The van der Waals surface area contributed by atoms with Crippen molar-refractivity contribution in [3.63, 3.8) is 0 Å². The third-order valence-electron chi connectivity index (χ3n) is 4.67. The molecule has 0 atom stereocenters. The first-order valence-corrected chi connectivity index (χ1v) is 9.76. The second kappa shape index (κ2) is 7.47. The van der Waals surface area contributed by atoms with Gasteiger partial charge in [0.1, 0.15) is 19.0 Å². The number of fused-ring (bicyclic) bond motifs is 1. The van der Waals surface area contributed by atoms with Gasteiger partial charge >= 0.3 is 0 Å². The maximum atomic E-state index is 12.4. The summed E-state index contributed by atoms with van der Waals surface area (Å²) in [6.07, 6.45) is 6.19. The number of carbonyl (C=O) groups excluding carboxylic acids is 1. The molecule has 132 valence electrons. The van der Waals surface area contributed by atoms with Gasteiger partial charge in [0.2, 0.25) is 5.16 Å². The minimum absolute atomic E-state index is 0.0333. The number of Topliss-reactive ketones (excluding diaryl/α,β-unsaturated/α-hetero) is 1. The lowest BCUT2D eigenvalue weighted by Crippen LogP contribution is -2.16. The van der Waals surface area contributed by atoms with E-state index in [1.807, 2.05) is 0 Å². The SMILES string of the molecule is O=C(CSc1n[nH]c(C2CCCCC2)n1)c1ccc2c(c1)OCCO2. The molecule has 0 bridgehead atoms. The summed E-state index contributed by atoms with van der Waals surface area (Å²) < 4.78 is 11.0. The van der Waals surface area contributed by atoms with E-state index in [-0.39, 0.29) is 5.78 Å². The Kier molecular flexibility index (Phi) is 4.92. The van der Waals surface area contributed by atoms with Crippen LogP contribution in [0.15, 0.2) is 23.4 Å². The van der Waals surface area contributed by atoms with E-state index < -0.39 is 0 Å². The fourth-order valence-electron chi connectivity index (χ4n) is 3.31. The molecule has 7 heteroatoms. The number of aromatic amines is 1. The van der Waals surface area contributed by atoms with E-state index in [0.717, 1.165) is 5.82 Å². The summed E-state index contributed by atoms with van der Waals surface area (Å²) in [5, 5.41) is 7.95. The van der Waals surface area contributed by atoms with E-state index in [4.69, 9.17) is 9.47 Å². The van der Waals surface area contributed by atoms with Crippen molar-refractivity contribution in [1.82, 2.24) is 15.2 Å². The van der Waals surface area contributed by atoms with Crippen molar-refractivity contribution in [2.24, 2.45) is 0 Å². The highest BCUT2D eigenvalue weighted by Crippen LogP contribution is 2.32. The van der Waals surface area contributed by atoms with Crippen LogP contribution in [0.1, 0.15) is 54.2 Å². The van der Waals surface area contributed by atoms with Crippen LogP contribution in [0.5, 0.6) is 11.5 Å². The highest BCUT2D eigenvalue weighted by molar-refractivity contribution is 7.99. The molecule has 1 aromatic heterocycles. The van der Waals surface area contributed by atoms with Crippen LogP contribution in [-0.4, -0.2) is 39.9 Å². The fraction of sp³-hybridized carbons (Fsp3) is 0.500. The van der Waals surface area contributed by atoms with E-state index in [9.17, 15) is 4.79 Å². The highest BCUT2D eigenvalue weighted by atomic mass is 32.2. The molecule has 0 amide bonds. The normalized spacial score (nSPS) is 17.4. The lowest BCUT2D eigenvalue weighted by molar-refractivity contribution is 0.102. The fourth-order valence-corrected chi connectivity index (χ4v) is 4.01. The maximum Gasteiger partial charge on any atom is 0.208 e. The first-order valence-electron chi connectivity index (χ1n) is 8.77. The summed E-state index contributed by atoms with van der Waals surface area (Å²) in [6, 6.07) is 5.32. The smallest absolute Gasteiger partial charge is 0.208 e. The molecule has 1 aromatic carbocycles. The number of hydrogen-bond acceptors (Lipinski definition) is 6. The quantitative estimate of drug-likeness (QED) is 0.649. The molecule has 1 aliphatic carbocycles. The van der Waals surface area contributed by atoms with Crippen molar-refractivity contribution in [1.29, 1.82) is 0 Å². The second-order valence-electron chi connectivity index (χ2n) is 6.41.